The SMILES string of the molecule is COc1cc(C2C(C(=O)Nc3cccc(C)c3C)=C(C)Nc3nnnn32)ccc1OCc1ccc(C)cc1. The third-order valence-electron chi connectivity index (χ3n) is 6.83. The van der Waals surface area contributed by atoms with Gasteiger partial charge in [0.2, 0.25) is 5.95 Å². The molecule has 194 valence electrons. The van der Waals surface area contributed by atoms with Crippen LogP contribution in [0.15, 0.2) is 71.9 Å². The first-order chi connectivity index (χ1) is 18.4. The molecule has 1 aliphatic heterocycles. The normalized spacial score (nSPS) is 14.5. The highest BCUT2D eigenvalue weighted by Crippen LogP contribution is 2.39. The summed E-state index contributed by atoms with van der Waals surface area (Å²) in [5.41, 5.74) is 7.07. The first kappa shape index (κ1) is 25.0. The van der Waals surface area contributed by atoms with Crippen LogP contribution < -0.4 is 20.1 Å². The number of nitrogens with zero attached hydrogens (tertiary/aromatic N) is 4. The highest BCUT2D eigenvalue weighted by molar-refractivity contribution is 6.06. The maximum absolute atomic E-state index is 13.7. The number of aryl methyl sites for hydroxylation is 2. The van der Waals surface area contributed by atoms with Gasteiger partial charge in [0.1, 0.15) is 12.6 Å². The monoisotopic (exact) mass is 510 g/mol. The van der Waals surface area contributed by atoms with E-state index in [-0.39, 0.29) is 5.91 Å². The van der Waals surface area contributed by atoms with Gasteiger partial charge in [0.15, 0.2) is 11.5 Å². The lowest BCUT2D eigenvalue weighted by atomic mass is 9.94. The first-order valence-corrected chi connectivity index (χ1v) is 12.3. The number of tetrazole rings is 1. The molecular formula is C29H30N6O3. The second-order valence-electron chi connectivity index (χ2n) is 9.40. The minimum Gasteiger partial charge on any atom is -0.493 e. The fourth-order valence-corrected chi connectivity index (χ4v) is 4.51. The van der Waals surface area contributed by atoms with Crippen LogP contribution in [0.5, 0.6) is 11.5 Å². The lowest BCUT2D eigenvalue weighted by Gasteiger charge is -2.28. The average Bonchev–Trinajstić information content (AvgIpc) is 3.38. The summed E-state index contributed by atoms with van der Waals surface area (Å²) >= 11 is 0. The number of nitrogens with one attached hydrogen (secondary N) is 2. The van der Waals surface area contributed by atoms with Gasteiger partial charge in [-0.3, -0.25) is 4.79 Å². The second-order valence-corrected chi connectivity index (χ2v) is 9.40. The molecule has 0 spiro atoms. The molecule has 9 heteroatoms. The molecule has 1 aromatic heterocycles. The molecule has 1 amide bonds. The Morgan fingerprint density at radius 2 is 1.82 bits per heavy atom. The topological polar surface area (TPSA) is 103 Å². The van der Waals surface area contributed by atoms with Gasteiger partial charge < -0.3 is 20.1 Å². The molecule has 2 N–H and O–H groups in total. The van der Waals surface area contributed by atoms with Crippen LogP contribution in [0.4, 0.5) is 11.6 Å². The van der Waals surface area contributed by atoms with E-state index in [1.807, 2.05) is 69.3 Å². The Bertz CT molecular complexity index is 1520. The zero-order valence-electron chi connectivity index (χ0n) is 22.1. The van der Waals surface area contributed by atoms with Crippen LogP contribution in [-0.4, -0.2) is 33.2 Å². The largest absolute Gasteiger partial charge is 0.493 e. The van der Waals surface area contributed by atoms with Gasteiger partial charge in [-0.1, -0.05) is 53.1 Å². The van der Waals surface area contributed by atoms with E-state index in [9.17, 15) is 4.79 Å². The van der Waals surface area contributed by atoms with E-state index in [0.29, 0.717) is 35.3 Å². The van der Waals surface area contributed by atoms with E-state index in [1.54, 1.807) is 11.8 Å². The molecule has 1 atom stereocenters. The Morgan fingerprint density at radius 3 is 2.58 bits per heavy atom. The molecular weight excluding hydrogens is 480 g/mol. The number of fused-ring (bicyclic) bond motifs is 1. The molecule has 38 heavy (non-hydrogen) atoms. The number of anilines is 2. The molecule has 0 saturated carbocycles. The molecule has 0 radical (unpaired) electrons. The molecule has 0 saturated heterocycles. The minimum absolute atomic E-state index is 0.242. The smallest absolute Gasteiger partial charge is 0.255 e. The number of allylic oxidation sites excluding steroid dienone is 1. The number of carbonyl (C=O) groups is 1. The maximum atomic E-state index is 13.7. The van der Waals surface area contributed by atoms with Gasteiger partial charge in [0, 0.05) is 11.4 Å². The van der Waals surface area contributed by atoms with Crippen molar-refractivity contribution in [2.24, 2.45) is 0 Å². The summed E-state index contributed by atoms with van der Waals surface area (Å²) in [5.74, 6) is 1.36. The molecule has 0 bridgehead atoms. The lowest BCUT2D eigenvalue weighted by molar-refractivity contribution is -0.113. The number of rotatable bonds is 7. The van der Waals surface area contributed by atoms with Crippen molar-refractivity contribution in [1.29, 1.82) is 0 Å². The summed E-state index contributed by atoms with van der Waals surface area (Å²) in [5, 5.41) is 18.3. The summed E-state index contributed by atoms with van der Waals surface area (Å²) in [6, 6.07) is 19.1. The van der Waals surface area contributed by atoms with E-state index < -0.39 is 6.04 Å². The van der Waals surface area contributed by atoms with Crippen molar-refractivity contribution < 1.29 is 14.3 Å². The fraction of sp³-hybridized carbons (Fsp3) is 0.241. The van der Waals surface area contributed by atoms with Gasteiger partial charge in [-0.15, -0.1) is 0 Å². The van der Waals surface area contributed by atoms with Crippen LogP contribution in [0.2, 0.25) is 0 Å². The summed E-state index contributed by atoms with van der Waals surface area (Å²) in [6.45, 7) is 8.31. The number of hydrogen-bond donors (Lipinski definition) is 2. The minimum atomic E-state index is -0.577. The molecule has 0 fully saturated rings. The van der Waals surface area contributed by atoms with E-state index in [1.165, 1.54) is 5.56 Å². The Kier molecular flexibility index (Phi) is 6.83. The van der Waals surface area contributed by atoms with Crippen molar-refractivity contribution in [1.82, 2.24) is 20.2 Å². The van der Waals surface area contributed by atoms with E-state index in [2.05, 4.69) is 45.2 Å². The molecule has 1 aliphatic rings. The van der Waals surface area contributed by atoms with Crippen molar-refractivity contribution >= 4 is 17.5 Å². The van der Waals surface area contributed by atoms with Crippen LogP contribution in [0, 0.1) is 20.8 Å². The Hall–Kier alpha value is -4.66. The zero-order valence-corrected chi connectivity index (χ0v) is 22.1. The van der Waals surface area contributed by atoms with Gasteiger partial charge in [-0.2, -0.15) is 4.68 Å². The number of ether oxygens (including phenoxy) is 2. The molecule has 3 aromatic carbocycles. The van der Waals surface area contributed by atoms with Crippen molar-refractivity contribution in [2.45, 2.75) is 40.3 Å². The Morgan fingerprint density at radius 1 is 1.03 bits per heavy atom. The van der Waals surface area contributed by atoms with Gasteiger partial charge in [0.25, 0.3) is 5.91 Å². The molecule has 0 aliphatic carbocycles. The van der Waals surface area contributed by atoms with Crippen LogP contribution in [-0.2, 0) is 11.4 Å². The number of hydrogen-bond acceptors (Lipinski definition) is 7. The van der Waals surface area contributed by atoms with Crippen LogP contribution >= 0.6 is 0 Å². The second kappa shape index (κ2) is 10.4. The van der Waals surface area contributed by atoms with Crippen LogP contribution in [0.25, 0.3) is 0 Å². The lowest BCUT2D eigenvalue weighted by Crippen LogP contribution is -2.31. The fourth-order valence-electron chi connectivity index (χ4n) is 4.51. The standard InChI is InChI=1S/C29H30N6O3/c1-17-9-11-21(12-10-17)16-38-24-14-13-22(15-25(24)37-5)27-26(20(4)30-29-32-33-34-35(27)29)28(36)31-23-8-6-7-18(2)19(23)3/h6-15,27H,16H2,1-5H3,(H,31,36)(H,30,32,34). The van der Waals surface area contributed by atoms with E-state index in [0.717, 1.165) is 27.9 Å². The summed E-state index contributed by atoms with van der Waals surface area (Å²) in [7, 11) is 1.60. The van der Waals surface area contributed by atoms with Crippen molar-refractivity contribution in [3.63, 3.8) is 0 Å². The predicted octanol–water partition coefficient (Wildman–Crippen LogP) is 5.11. The summed E-state index contributed by atoms with van der Waals surface area (Å²) < 4.78 is 13.4. The number of methoxy groups -OCH3 is 1. The quantitative estimate of drug-likeness (QED) is 0.356. The number of aromatic nitrogens is 4. The maximum Gasteiger partial charge on any atom is 0.255 e. The van der Waals surface area contributed by atoms with Gasteiger partial charge in [0.05, 0.1) is 12.7 Å². The van der Waals surface area contributed by atoms with E-state index >= 15 is 0 Å². The molecule has 9 nitrogen and oxygen atoms in total. The van der Waals surface area contributed by atoms with Crippen molar-refractivity contribution in [2.75, 3.05) is 17.7 Å². The van der Waals surface area contributed by atoms with Crippen molar-refractivity contribution in [3.05, 3.63) is 99.8 Å². The molecule has 1 unspecified atom stereocenters. The van der Waals surface area contributed by atoms with Crippen molar-refractivity contribution in [3.8, 4) is 11.5 Å². The van der Waals surface area contributed by atoms with Gasteiger partial charge >= 0.3 is 0 Å². The molecule has 2 heterocycles. The number of carbonyl (C=O) groups excluding carboxylic acids is 1. The molecule has 5 rings (SSSR count). The molecule has 4 aromatic rings. The third kappa shape index (κ3) is 4.82. The number of benzene rings is 3. The average molecular weight is 511 g/mol. The van der Waals surface area contributed by atoms with Crippen LogP contribution in [0.3, 0.4) is 0 Å². The summed E-state index contributed by atoms with van der Waals surface area (Å²) in [6.07, 6.45) is 0. The Balaban J connectivity index is 1.48. The zero-order chi connectivity index (χ0) is 26.8. The number of amides is 1. The Labute approximate surface area is 221 Å². The van der Waals surface area contributed by atoms with Gasteiger partial charge in [-0.25, -0.2) is 0 Å². The highest BCUT2D eigenvalue weighted by atomic mass is 16.5. The predicted molar refractivity (Wildman–Crippen MR) is 145 cm³/mol. The first-order valence-electron chi connectivity index (χ1n) is 12.3. The van der Waals surface area contributed by atoms with E-state index in [4.69, 9.17) is 9.47 Å². The summed E-state index contributed by atoms with van der Waals surface area (Å²) in [4.78, 5) is 13.7. The third-order valence-corrected chi connectivity index (χ3v) is 6.83. The van der Waals surface area contributed by atoms with Crippen LogP contribution in [0.1, 0.15) is 40.8 Å². The highest BCUT2D eigenvalue weighted by Gasteiger charge is 2.34. The van der Waals surface area contributed by atoms with Gasteiger partial charge in [-0.05, 0) is 78.6 Å².